The van der Waals surface area contributed by atoms with E-state index in [0.717, 1.165) is 0 Å². The number of phosphoric ester groups is 1. The average Bonchev–Trinajstić information content (AvgIpc) is 1.93. The highest BCUT2D eigenvalue weighted by molar-refractivity contribution is 7.46. The van der Waals surface area contributed by atoms with Crippen LogP contribution in [0.1, 0.15) is 12.8 Å². The summed E-state index contributed by atoms with van der Waals surface area (Å²) in [5.41, 5.74) is 0. The molecular weight excluding hydrogens is 300 g/mol. The number of phosphoric acid groups is 1. The molecule has 0 aromatic heterocycles. The summed E-state index contributed by atoms with van der Waals surface area (Å²) in [5, 5.41) is 0. The molecule has 1 unspecified atom stereocenters. The number of halogens is 7. The van der Waals surface area contributed by atoms with Crippen LogP contribution in [0.2, 0.25) is 0 Å². The van der Waals surface area contributed by atoms with E-state index < -0.39 is 45.3 Å². The first kappa shape index (κ1) is 17.6. The summed E-state index contributed by atoms with van der Waals surface area (Å²) in [4.78, 5) is 16.3. The van der Waals surface area contributed by atoms with Gasteiger partial charge in [-0.1, -0.05) is 0 Å². The minimum absolute atomic E-state index is 2.46. The van der Waals surface area contributed by atoms with E-state index in [1.165, 1.54) is 0 Å². The topological polar surface area (TPSA) is 66.8 Å². The predicted molar refractivity (Wildman–Crippen MR) is 43.2 cm³/mol. The van der Waals surface area contributed by atoms with Crippen molar-refractivity contribution in [3.63, 3.8) is 0 Å². The monoisotopic (exact) mass is 308 g/mol. The summed E-state index contributed by atoms with van der Waals surface area (Å²) < 4.78 is 99.7. The third-order valence-electron chi connectivity index (χ3n) is 1.64. The van der Waals surface area contributed by atoms with Gasteiger partial charge in [-0.2, -0.15) is 0 Å². The standard InChI is InChI=1S/C6H8F7O4P/c7-3(8)1-5(11,12)6(13,2-4(9)10)17-18(14,15)16/h3-4H,1-2H2,(H2,14,15,16). The Morgan fingerprint density at radius 1 is 1.00 bits per heavy atom. The molecule has 1 atom stereocenters. The van der Waals surface area contributed by atoms with E-state index in [4.69, 9.17) is 9.79 Å². The molecule has 110 valence electrons. The van der Waals surface area contributed by atoms with Gasteiger partial charge >= 0.3 is 13.7 Å². The maximum atomic E-state index is 13.4. The minimum Gasteiger partial charge on any atom is -0.303 e. The summed E-state index contributed by atoms with van der Waals surface area (Å²) >= 11 is 0. The number of hydrogen-bond acceptors (Lipinski definition) is 2. The molecule has 0 saturated carbocycles. The molecule has 0 saturated heterocycles. The predicted octanol–water partition coefficient (Wildman–Crippen LogP) is 2.71. The van der Waals surface area contributed by atoms with Crippen LogP contribution in [0, 0.1) is 0 Å². The van der Waals surface area contributed by atoms with Crippen LogP contribution in [-0.4, -0.2) is 34.4 Å². The van der Waals surface area contributed by atoms with Crippen molar-refractivity contribution in [2.75, 3.05) is 0 Å². The number of hydrogen-bond donors (Lipinski definition) is 2. The molecule has 0 radical (unpaired) electrons. The van der Waals surface area contributed by atoms with Gasteiger partial charge in [0.25, 0.3) is 5.85 Å². The third-order valence-corrected chi connectivity index (χ3v) is 2.16. The molecule has 12 heteroatoms. The molecule has 0 aromatic rings. The highest BCUT2D eigenvalue weighted by Crippen LogP contribution is 2.51. The lowest BCUT2D eigenvalue weighted by atomic mass is 10.0. The molecule has 0 rings (SSSR count). The third kappa shape index (κ3) is 5.51. The van der Waals surface area contributed by atoms with Crippen LogP contribution in [0.4, 0.5) is 30.7 Å². The molecule has 0 heterocycles. The number of alkyl halides is 7. The highest BCUT2D eigenvalue weighted by Gasteiger charge is 2.61. The van der Waals surface area contributed by atoms with E-state index in [0.29, 0.717) is 0 Å². The van der Waals surface area contributed by atoms with Crippen molar-refractivity contribution in [2.24, 2.45) is 0 Å². The van der Waals surface area contributed by atoms with Crippen molar-refractivity contribution in [3.05, 3.63) is 0 Å². The van der Waals surface area contributed by atoms with E-state index in [1.54, 1.807) is 0 Å². The average molecular weight is 308 g/mol. The lowest BCUT2D eigenvalue weighted by molar-refractivity contribution is -0.267. The molecule has 0 fully saturated rings. The van der Waals surface area contributed by atoms with Crippen LogP contribution in [0.3, 0.4) is 0 Å². The summed E-state index contributed by atoms with van der Waals surface area (Å²) in [5.74, 6) is -10.1. The van der Waals surface area contributed by atoms with E-state index >= 15 is 0 Å². The molecule has 0 aliphatic carbocycles. The molecule has 0 spiro atoms. The van der Waals surface area contributed by atoms with E-state index in [9.17, 15) is 35.3 Å². The maximum Gasteiger partial charge on any atom is 0.472 e. The van der Waals surface area contributed by atoms with Crippen LogP contribution in [0.15, 0.2) is 0 Å². The van der Waals surface area contributed by atoms with Gasteiger partial charge in [-0.15, -0.1) is 0 Å². The SMILES string of the molecule is O=P(O)(O)OC(F)(CC(F)F)C(F)(F)CC(F)F. The van der Waals surface area contributed by atoms with Crippen molar-refractivity contribution in [1.82, 2.24) is 0 Å². The first-order valence-electron chi connectivity index (χ1n) is 4.18. The second kappa shape index (κ2) is 5.72. The molecular formula is C6H8F7O4P. The van der Waals surface area contributed by atoms with Crippen LogP contribution < -0.4 is 0 Å². The summed E-state index contributed by atoms with van der Waals surface area (Å²) in [6, 6.07) is 0. The van der Waals surface area contributed by atoms with Gasteiger partial charge in [-0.3, -0.25) is 0 Å². The molecule has 0 amide bonds. The van der Waals surface area contributed by atoms with Crippen LogP contribution in [0.25, 0.3) is 0 Å². The van der Waals surface area contributed by atoms with E-state index in [-0.39, 0.29) is 0 Å². The van der Waals surface area contributed by atoms with Crippen molar-refractivity contribution in [2.45, 2.75) is 37.5 Å². The van der Waals surface area contributed by atoms with Crippen molar-refractivity contribution < 1.29 is 49.6 Å². The fraction of sp³-hybridized carbons (Fsp3) is 1.00. The van der Waals surface area contributed by atoms with Gasteiger partial charge in [0.05, 0.1) is 12.8 Å². The first-order chi connectivity index (χ1) is 7.79. The highest BCUT2D eigenvalue weighted by atomic mass is 31.2. The van der Waals surface area contributed by atoms with E-state index in [1.807, 2.05) is 0 Å². The minimum atomic E-state index is -5.92. The second-order valence-electron chi connectivity index (χ2n) is 3.21. The lowest BCUT2D eigenvalue weighted by Gasteiger charge is -2.32. The largest absolute Gasteiger partial charge is 0.472 e. The van der Waals surface area contributed by atoms with Crippen LogP contribution >= 0.6 is 7.82 Å². The zero-order chi connectivity index (χ0) is 14.8. The summed E-state index contributed by atoms with van der Waals surface area (Å²) in [6.45, 7) is 0. The Balaban J connectivity index is 5.25. The Kier molecular flexibility index (Phi) is 5.60. The quantitative estimate of drug-likeness (QED) is 0.560. The maximum absolute atomic E-state index is 13.4. The van der Waals surface area contributed by atoms with Gasteiger partial charge in [0.15, 0.2) is 0 Å². The normalized spacial score (nSPS) is 17.3. The van der Waals surface area contributed by atoms with Gasteiger partial charge in [-0.05, 0) is 0 Å². The summed E-state index contributed by atoms with van der Waals surface area (Å²) in [6.07, 6.45) is -12.5. The Bertz CT molecular complexity index is 319. The fourth-order valence-electron chi connectivity index (χ4n) is 0.987. The van der Waals surface area contributed by atoms with Gasteiger partial charge in [0.2, 0.25) is 12.9 Å². The van der Waals surface area contributed by atoms with Gasteiger partial charge in [-0.25, -0.2) is 39.8 Å². The Hall–Kier alpha value is -0.380. The van der Waals surface area contributed by atoms with E-state index in [2.05, 4.69) is 4.52 Å². The molecule has 2 N–H and O–H groups in total. The van der Waals surface area contributed by atoms with Crippen molar-refractivity contribution in [3.8, 4) is 0 Å². The van der Waals surface area contributed by atoms with Crippen molar-refractivity contribution in [1.29, 1.82) is 0 Å². The second-order valence-corrected chi connectivity index (χ2v) is 4.37. The fourth-order valence-corrected chi connectivity index (χ4v) is 1.57. The zero-order valence-electron chi connectivity index (χ0n) is 8.37. The van der Waals surface area contributed by atoms with Gasteiger partial charge < -0.3 is 9.79 Å². The molecule has 4 nitrogen and oxygen atoms in total. The molecule has 18 heavy (non-hydrogen) atoms. The zero-order valence-corrected chi connectivity index (χ0v) is 9.27. The smallest absolute Gasteiger partial charge is 0.303 e. The summed E-state index contributed by atoms with van der Waals surface area (Å²) in [7, 11) is -5.92. The first-order valence-corrected chi connectivity index (χ1v) is 5.71. The van der Waals surface area contributed by atoms with Crippen LogP contribution in [-0.2, 0) is 9.09 Å². The Morgan fingerprint density at radius 2 is 1.39 bits per heavy atom. The molecule has 0 aliphatic heterocycles. The van der Waals surface area contributed by atoms with Gasteiger partial charge in [0.1, 0.15) is 0 Å². The Morgan fingerprint density at radius 3 is 1.67 bits per heavy atom. The lowest BCUT2D eigenvalue weighted by Crippen LogP contribution is -2.48. The molecule has 0 aliphatic rings. The van der Waals surface area contributed by atoms with Crippen LogP contribution in [0.5, 0.6) is 0 Å². The number of rotatable bonds is 7. The molecule has 0 bridgehead atoms. The van der Waals surface area contributed by atoms with Crippen molar-refractivity contribution >= 4 is 7.82 Å². The molecule has 0 aromatic carbocycles. The van der Waals surface area contributed by atoms with Gasteiger partial charge in [0, 0.05) is 0 Å². The Labute approximate surface area is 96.0 Å².